The van der Waals surface area contributed by atoms with E-state index >= 15 is 0 Å². The molecule has 0 saturated carbocycles. The summed E-state index contributed by atoms with van der Waals surface area (Å²) in [5.41, 5.74) is 7.82. The highest BCUT2D eigenvalue weighted by Crippen LogP contribution is 2.29. The van der Waals surface area contributed by atoms with E-state index < -0.39 is 11.9 Å². The van der Waals surface area contributed by atoms with Crippen molar-refractivity contribution in [3.05, 3.63) is 76.8 Å². The third-order valence-electron chi connectivity index (χ3n) is 4.16. The lowest BCUT2D eigenvalue weighted by Crippen LogP contribution is -2.34. The number of carboxylic acid groups (broad SMARTS) is 1. The van der Waals surface area contributed by atoms with Crippen LogP contribution in [-0.2, 0) is 4.79 Å². The Kier molecular flexibility index (Phi) is 5.21. The lowest BCUT2D eigenvalue weighted by Gasteiger charge is -2.10. The van der Waals surface area contributed by atoms with E-state index in [0.717, 1.165) is 5.56 Å². The summed E-state index contributed by atoms with van der Waals surface area (Å²) in [6.07, 6.45) is 0. The van der Waals surface area contributed by atoms with E-state index in [1.54, 1.807) is 18.2 Å². The summed E-state index contributed by atoms with van der Waals surface area (Å²) < 4.78 is 0. The van der Waals surface area contributed by atoms with Crippen LogP contribution in [0.4, 0.5) is 10.8 Å². The standard InChI is InChI=1S/C20H14ClN5O3S/c1-11-17(24-23-15-4-2-3-13(9-15)19(28)29)18(27)26(25-11)20-22-16(10-30-20)12-5-7-14(21)8-6-12/h2-10,23,25H,1H2,(H,28,29)/p-1/b24-17+. The van der Waals surface area contributed by atoms with Gasteiger partial charge in [-0.25, -0.2) is 4.98 Å². The molecule has 1 aliphatic rings. The number of thiazole rings is 1. The number of aromatic carboxylic acids is 1. The van der Waals surface area contributed by atoms with E-state index in [0.29, 0.717) is 21.5 Å². The number of hydrogen-bond donors (Lipinski definition) is 2. The van der Waals surface area contributed by atoms with Crippen molar-refractivity contribution in [2.45, 2.75) is 0 Å². The van der Waals surface area contributed by atoms with Crippen LogP contribution in [0.1, 0.15) is 10.4 Å². The maximum absolute atomic E-state index is 12.8. The van der Waals surface area contributed by atoms with E-state index in [4.69, 9.17) is 11.6 Å². The predicted molar refractivity (Wildman–Crippen MR) is 114 cm³/mol. The largest absolute Gasteiger partial charge is 0.545 e. The summed E-state index contributed by atoms with van der Waals surface area (Å²) >= 11 is 7.20. The van der Waals surface area contributed by atoms with Crippen LogP contribution in [0.2, 0.25) is 5.02 Å². The molecule has 10 heteroatoms. The minimum absolute atomic E-state index is 0.00552. The van der Waals surface area contributed by atoms with Gasteiger partial charge in [0.05, 0.1) is 23.0 Å². The summed E-state index contributed by atoms with van der Waals surface area (Å²) in [6, 6.07) is 13.1. The normalized spacial score (nSPS) is 14.8. The first-order valence-corrected chi connectivity index (χ1v) is 9.85. The molecule has 1 amide bonds. The van der Waals surface area contributed by atoms with Crippen molar-refractivity contribution in [1.29, 1.82) is 0 Å². The van der Waals surface area contributed by atoms with Crippen LogP contribution in [-0.4, -0.2) is 22.6 Å². The van der Waals surface area contributed by atoms with Gasteiger partial charge < -0.3 is 9.90 Å². The van der Waals surface area contributed by atoms with E-state index in [-0.39, 0.29) is 17.0 Å². The number of nitrogens with one attached hydrogen (secondary N) is 2. The first-order valence-electron chi connectivity index (χ1n) is 8.59. The van der Waals surface area contributed by atoms with Crippen LogP contribution in [0.25, 0.3) is 11.3 Å². The van der Waals surface area contributed by atoms with Crippen molar-refractivity contribution in [3.63, 3.8) is 0 Å². The maximum Gasteiger partial charge on any atom is 0.301 e. The fourth-order valence-corrected chi connectivity index (χ4v) is 3.60. The Morgan fingerprint density at radius 3 is 2.77 bits per heavy atom. The Morgan fingerprint density at radius 1 is 1.27 bits per heavy atom. The SMILES string of the molecule is C=C1NN(c2nc(-c3ccc(Cl)cc3)cs2)C(=O)/C1=N/Nc1cccc(C(=O)[O-])c1. The zero-order chi connectivity index (χ0) is 21.3. The van der Waals surface area contributed by atoms with Gasteiger partial charge >= 0.3 is 5.91 Å². The van der Waals surface area contributed by atoms with Gasteiger partial charge in [0, 0.05) is 16.0 Å². The van der Waals surface area contributed by atoms with Crippen LogP contribution in [0.15, 0.2) is 71.3 Å². The summed E-state index contributed by atoms with van der Waals surface area (Å²) in [4.78, 5) is 28.2. The van der Waals surface area contributed by atoms with Crippen LogP contribution >= 0.6 is 22.9 Å². The number of nitrogens with zero attached hydrogens (tertiary/aromatic N) is 3. The van der Waals surface area contributed by atoms with Gasteiger partial charge in [-0.3, -0.25) is 15.6 Å². The molecular weight excluding hydrogens is 426 g/mol. The molecule has 1 fully saturated rings. The van der Waals surface area contributed by atoms with Crippen molar-refractivity contribution < 1.29 is 14.7 Å². The average Bonchev–Trinajstić information content (AvgIpc) is 3.32. The minimum Gasteiger partial charge on any atom is -0.545 e. The number of carbonyl (C=O) groups is 2. The minimum atomic E-state index is -1.30. The molecule has 2 heterocycles. The predicted octanol–water partition coefficient (Wildman–Crippen LogP) is 2.66. The van der Waals surface area contributed by atoms with Crippen LogP contribution in [0.5, 0.6) is 0 Å². The Bertz CT molecular complexity index is 1190. The molecule has 0 bridgehead atoms. The maximum atomic E-state index is 12.8. The van der Waals surface area contributed by atoms with E-state index in [2.05, 4.69) is 27.5 Å². The Morgan fingerprint density at radius 2 is 2.03 bits per heavy atom. The Balaban J connectivity index is 1.53. The number of aromatic nitrogens is 1. The number of halogens is 1. The molecule has 1 aromatic heterocycles. The molecule has 1 saturated heterocycles. The second-order valence-corrected chi connectivity index (χ2v) is 7.47. The number of hydrogen-bond acceptors (Lipinski definition) is 8. The molecule has 1 aliphatic heterocycles. The summed E-state index contributed by atoms with van der Waals surface area (Å²) in [6.45, 7) is 3.81. The molecule has 150 valence electrons. The molecule has 0 spiro atoms. The quantitative estimate of drug-likeness (QED) is 0.592. The smallest absolute Gasteiger partial charge is 0.301 e. The molecule has 30 heavy (non-hydrogen) atoms. The van der Waals surface area contributed by atoms with E-state index in [9.17, 15) is 14.7 Å². The summed E-state index contributed by atoms with van der Waals surface area (Å²) in [5.74, 6) is -1.75. The number of carbonyl (C=O) groups excluding carboxylic acids is 2. The van der Waals surface area contributed by atoms with Crippen LogP contribution < -0.4 is 21.0 Å². The molecule has 0 atom stereocenters. The number of carboxylic acids is 1. The van der Waals surface area contributed by atoms with Gasteiger partial charge in [-0.1, -0.05) is 42.4 Å². The summed E-state index contributed by atoms with van der Waals surface area (Å²) in [5, 5.41) is 19.2. The second-order valence-electron chi connectivity index (χ2n) is 6.19. The summed E-state index contributed by atoms with van der Waals surface area (Å²) in [7, 11) is 0. The first-order chi connectivity index (χ1) is 14.4. The van der Waals surface area contributed by atoms with Crippen LogP contribution in [0, 0.1) is 0 Å². The molecule has 0 radical (unpaired) electrons. The van der Waals surface area contributed by atoms with Gasteiger partial charge in [-0.15, -0.1) is 11.3 Å². The van der Waals surface area contributed by atoms with E-state index in [1.807, 2.05) is 17.5 Å². The van der Waals surface area contributed by atoms with Gasteiger partial charge in [0.25, 0.3) is 0 Å². The molecular formula is C20H13ClN5O3S-. The number of anilines is 2. The van der Waals surface area contributed by atoms with Crippen molar-refractivity contribution in [1.82, 2.24) is 10.4 Å². The third-order valence-corrected chi connectivity index (χ3v) is 5.23. The number of hydrazine groups is 1. The molecule has 2 N–H and O–H groups in total. The molecule has 8 nitrogen and oxygen atoms in total. The highest BCUT2D eigenvalue weighted by molar-refractivity contribution is 7.14. The zero-order valence-electron chi connectivity index (χ0n) is 15.3. The van der Waals surface area contributed by atoms with Gasteiger partial charge in [0.2, 0.25) is 5.13 Å². The Labute approximate surface area is 180 Å². The lowest BCUT2D eigenvalue weighted by molar-refractivity contribution is -0.255. The highest BCUT2D eigenvalue weighted by Gasteiger charge is 2.34. The van der Waals surface area contributed by atoms with E-state index in [1.165, 1.54) is 34.5 Å². The molecule has 2 aromatic carbocycles. The molecule has 4 rings (SSSR count). The molecule has 0 unspecified atom stereocenters. The molecule has 0 aliphatic carbocycles. The molecule has 3 aromatic rings. The fourth-order valence-electron chi connectivity index (χ4n) is 2.68. The fraction of sp³-hybridized carbons (Fsp3) is 0. The monoisotopic (exact) mass is 438 g/mol. The van der Waals surface area contributed by atoms with Crippen molar-refractivity contribution in [2.75, 3.05) is 10.4 Å². The van der Waals surface area contributed by atoms with Gasteiger partial charge in [-0.2, -0.15) is 10.1 Å². The number of benzene rings is 2. The number of amides is 1. The second kappa shape index (κ2) is 7.97. The third kappa shape index (κ3) is 3.88. The zero-order valence-corrected chi connectivity index (χ0v) is 16.8. The first kappa shape index (κ1) is 19.6. The number of rotatable bonds is 5. The van der Waals surface area contributed by atoms with Crippen LogP contribution in [0.3, 0.4) is 0 Å². The van der Waals surface area contributed by atoms with Gasteiger partial charge in [0.1, 0.15) is 0 Å². The number of hydrazone groups is 1. The highest BCUT2D eigenvalue weighted by atomic mass is 35.5. The van der Waals surface area contributed by atoms with Crippen molar-refractivity contribution >= 4 is 51.3 Å². The van der Waals surface area contributed by atoms with Crippen molar-refractivity contribution in [3.8, 4) is 11.3 Å². The average molecular weight is 439 g/mol. The Hall–Kier alpha value is -3.69. The topological polar surface area (TPSA) is 110 Å². The lowest BCUT2D eigenvalue weighted by atomic mass is 10.2. The van der Waals surface area contributed by atoms with Gasteiger partial charge in [-0.05, 0) is 29.8 Å². The van der Waals surface area contributed by atoms with Crippen molar-refractivity contribution in [2.24, 2.45) is 5.10 Å². The van der Waals surface area contributed by atoms with Gasteiger partial charge in [0.15, 0.2) is 5.71 Å².